The van der Waals surface area contributed by atoms with E-state index in [1.165, 1.54) is 43.4 Å². The lowest BCUT2D eigenvalue weighted by molar-refractivity contribution is 0.666. The van der Waals surface area contributed by atoms with E-state index in [1.807, 2.05) is 72.8 Å². The molecule has 0 radical (unpaired) electrons. The van der Waals surface area contributed by atoms with Crippen LogP contribution in [-0.2, 0) is 0 Å². The molecule has 270 valence electrons. The van der Waals surface area contributed by atoms with Gasteiger partial charge in [0.1, 0.15) is 5.58 Å². The molecule has 12 rings (SSSR count). The molecule has 0 aliphatic carbocycles. The van der Waals surface area contributed by atoms with E-state index in [-0.39, 0.29) is 0 Å². The number of aromatic nitrogens is 4. The van der Waals surface area contributed by atoms with Crippen LogP contribution in [0.3, 0.4) is 0 Å². The van der Waals surface area contributed by atoms with E-state index < -0.39 is 0 Å². The van der Waals surface area contributed by atoms with Gasteiger partial charge in [0.15, 0.2) is 23.1 Å². The first kappa shape index (κ1) is 32.4. The molecule has 0 fully saturated rings. The number of para-hydroxylation sites is 1. The van der Waals surface area contributed by atoms with Crippen LogP contribution in [0.25, 0.3) is 116 Å². The molecule has 0 aliphatic rings. The Kier molecular flexibility index (Phi) is 7.16. The lowest BCUT2D eigenvalue weighted by atomic mass is 9.98. The minimum absolute atomic E-state index is 0.587. The number of hydrogen-bond donors (Lipinski definition) is 0. The van der Waals surface area contributed by atoms with Gasteiger partial charge in [0.05, 0.1) is 16.7 Å². The van der Waals surface area contributed by atoms with Crippen molar-refractivity contribution in [3.8, 4) is 51.0 Å². The average Bonchev–Trinajstić information content (AvgIpc) is 3.85. The van der Waals surface area contributed by atoms with Crippen molar-refractivity contribution in [1.82, 2.24) is 19.5 Å². The summed E-state index contributed by atoms with van der Waals surface area (Å²) in [6.07, 6.45) is 0. The highest BCUT2D eigenvalue weighted by Gasteiger charge is 2.24. The van der Waals surface area contributed by atoms with Crippen molar-refractivity contribution in [2.24, 2.45) is 0 Å². The summed E-state index contributed by atoms with van der Waals surface area (Å²) < 4.78 is 9.30. The maximum absolute atomic E-state index is 6.93. The molecule has 0 unspecified atom stereocenters. The fourth-order valence-corrected chi connectivity index (χ4v) is 8.70. The second-order valence-corrected chi connectivity index (χ2v) is 14.8. The maximum Gasteiger partial charge on any atom is 0.164 e. The van der Waals surface area contributed by atoms with Gasteiger partial charge < -0.3 is 8.98 Å². The quantitative estimate of drug-likeness (QED) is 0.176. The lowest BCUT2D eigenvalue weighted by Gasteiger charge is -2.13. The van der Waals surface area contributed by atoms with E-state index in [4.69, 9.17) is 19.4 Å². The summed E-state index contributed by atoms with van der Waals surface area (Å²) in [5, 5.41) is 9.23. The number of nitrogens with zero attached hydrogens (tertiary/aromatic N) is 4. The molecule has 0 saturated heterocycles. The molecule has 5 heteroatoms. The fourth-order valence-electron chi connectivity index (χ4n) is 8.70. The molecule has 5 nitrogen and oxygen atoms in total. The molecular weight excluding hydrogens is 709 g/mol. The minimum Gasteiger partial charge on any atom is -0.454 e. The van der Waals surface area contributed by atoms with Crippen LogP contribution < -0.4 is 0 Å². The largest absolute Gasteiger partial charge is 0.454 e. The Morgan fingerprint density at radius 2 is 0.948 bits per heavy atom. The summed E-state index contributed by atoms with van der Waals surface area (Å²) in [5.41, 5.74) is 9.82. The summed E-state index contributed by atoms with van der Waals surface area (Å²) in [4.78, 5) is 15.3. The van der Waals surface area contributed by atoms with Crippen molar-refractivity contribution in [3.63, 3.8) is 0 Å². The first-order chi connectivity index (χ1) is 28.7. The molecule has 3 aromatic heterocycles. The summed E-state index contributed by atoms with van der Waals surface area (Å²) in [5.74, 6) is 1.82. The number of rotatable bonds is 5. The van der Waals surface area contributed by atoms with Crippen molar-refractivity contribution >= 4 is 65.3 Å². The second kappa shape index (κ2) is 12.8. The number of benzene rings is 9. The van der Waals surface area contributed by atoms with Crippen LogP contribution in [0.1, 0.15) is 0 Å². The van der Waals surface area contributed by atoms with E-state index in [1.54, 1.807) is 0 Å². The van der Waals surface area contributed by atoms with Gasteiger partial charge in [-0.3, -0.25) is 0 Å². The highest BCUT2D eigenvalue weighted by Crippen LogP contribution is 2.44. The summed E-state index contributed by atoms with van der Waals surface area (Å²) in [6.45, 7) is 0. The van der Waals surface area contributed by atoms with E-state index in [0.717, 1.165) is 55.3 Å². The smallest absolute Gasteiger partial charge is 0.164 e. The molecule has 58 heavy (non-hydrogen) atoms. The predicted molar refractivity (Wildman–Crippen MR) is 238 cm³/mol. The molecule has 0 aliphatic heterocycles. The summed E-state index contributed by atoms with van der Waals surface area (Å²) in [7, 11) is 0. The molecule has 0 N–H and O–H groups in total. The fraction of sp³-hybridized carbons (Fsp3) is 0. The monoisotopic (exact) mass is 740 g/mol. The van der Waals surface area contributed by atoms with Gasteiger partial charge in [0.2, 0.25) is 0 Å². The zero-order chi connectivity index (χ0) is 38.2. The highest BCUT2D eigenvalue weighted by molar-refractivity contribution is 6.23. The maximum atomic E-state index is 6.93. The molecule has 3 heterocycles. The Labute approximate surface area is 333 Å². The van der Waals surface area contributed by atoms with Gasteiger partial charge in [-0.1, -0.05) is 152 Å². The number of fused-ring (bicyclic) bond motifs is 9. The number of furan rings is 1. The van der Waals surface area contributed by atoms with Crippen LogP contribution in [0.4, 0.5) is 0 Å². The Balaban J connectivity index is 1.14. The normalized spacial score (nSPS) is 11.8. The molecule has 0 bridgehead atoms. The minimum atomic E-state index is 0.587. The summed E-state index contributed by atoms with van der Waals surface area (Å²) in [6, 6.07) is 68.1. The van der Waals surface area contributed by atoms with Crippen LogP contribution >= 0.6 is 0 Å². The van der Waals surface area contributed by atoms with E-state index in [0.29, 0.717) is 17.5 Å². The predicted octanol–water partition coefficient (Wildman–Crippen LogP) is 13.8. The van der Waals surface area contributed by atoms with Gasteiger partial charge >= 0.3 is 0 Å². The van der Waals surface area contributed by atoms with Crippen LogP contribution in [0, 0.1) is 0 Å². The Morgan fingerprint density at radius 3 is 1.72 bits per heavy atom. The Hall–Kier alpha value is -7.89. The molecule has 12 aromatic rings. The van der Waals surface area contributed by atoms with Crippen molar-refractivity contribution in [1.29, 1.82) is 0 Å². The van der Waals surface area contributed by atoms with Crippen LogP contribution in [0.5, 0.6) is 0 Å². The molecule has 0 atom stereocenters. The van der Waals surface area contributed by atoms with E-state index in [2.05, 4.69) is 126 Å². The van der Waals surface area contributed by atoms with E-state index >= 15 is 0 Å². The van der Waals surface area contributed by atoms with Gasteiger partial charge in [-0.25, -0.2) is 15.0 Å². The first-order valence-corrected chi connectivity index (χ1v) is 19.5. The Morgan fingerprint density at radius 1 is 0.362 bits per heavy atom. The zero-order valence-electron chi connectivity index (χ0n) is 31.2. The van der Waals surface area contributed by atoms with Crippen molar-refractivity contribution in [2.45, 2.75) is 0 Å². The van der Waals surface area contributed by atoms with Gasteiger partial charge in [-0.05, 0) is 75.1 Å². The third-order valence-corrected chi connectivity index (χ3v) is 11.4. The average molecular weight is 741 g/mol. The van der Waals surface area contributed by atoms with Crippen LogP contribution in [0.15, 0.2) is 199 Å². The third-order valence-electron chi connectivity index (χ3n) is 11.4. The van der Waals surface area contributed by atoms with Crippen molar-refractivity contribution in [2.75, 3.05) is 0 Å². The molecular formula is C53H32N4O. The van der Waals surface area contributed by atoms with Gasteiger partial charge in [-0.2, -0.15) is 0 Å². The van der Waals surface area contributed by atoms with Crippen LogP contribution in [0.2, 0.25) is 0 Å². The first-order valence-electron chi connectivity index (χ1n) is 19.5. The van der Waals surface area contributed by atoms with Gasteiger partial charge in [-0.15, -0.1) is 0 Å². The standard InChI is InChI=1S/C53H32N4O/c1-3-15-35(16-4-1)51-54-52(36-17-5-2-6-18-36)56-53(55-51)42-27-30-46(50-49(42)41-21-11-12-22-47(41)58-50)57-44-28-26-39(38-24-23-33-13-7-8-19-37(33)31-38)32-43(44)48-40-20-10-9-14-34(40)25-29-45(48)57/h1-32H. The van der Waals surface area contributed by atoms with Crippen molar-refractivity contribution in [3.05, 3.63) is 194 Å². The second-order valence-electron chi connectivity index (χ2n) is 14.8. The zero-order valence-corrected chi connectivity index (χ0v) is 31.2. The van der Waals surface area contributed by atoms with Gasteiger partial charge in [0.25, 0.3) is 0 Å². The lowest BCUT2D eigenvalue weighted by Crippen LogP contribution is -2.01. The third kappa shape index (κ3) is 5.07. The Bertz CT molecular complexity index is 3510. The van der Waals surface area contributed by atoms with Crippen molar-refractivity contribution < 1.29 is 4.42 Å². The molecule has 0 spiro atoms. The molecule has 0 saturated carbocycles. The summed E-state index contributed by atoms with van der Waals surface area (Å²) >= 11 is 0. The van der Waals surface area contributed by atoms with Crippen LogP contribution in [-0.4, -0.2) is 19.5 Å². The highest BCUT2D eigenvalue weighted by atomic mass is 16.3. The van der Waals surface area contributed by atoms with Gasteiger partial charge in [0, 0.05) is 38.2 Å². The molecule has 0 amide bonds. The topological polar surface area (TPSA) is 56.7 Å². The molecule has 9 aromatic carbocycles. The number of hydrogen-bond acceptors (Lipinski definition) is 4. The van der Waals surface area contributed by atoms with E-state index in [9.17, 15) is 0 Å². The SMILES string of the molecule is c1ccc(-c2nc(-c3ccccc3)nc(-c3ccc(-n4c5ccc(-c6ccc7ccccc7c6)cc5c5c6ccccc6ccc54)c4oc5ccccc5c34)n2)cc1.